The van der Waals surface area contributed by atoms with E-state index in [1.165, 1.54) is 17.7 Å². The summed E-state index contributed by atoms with van der Waals surface area (Å²) in [6.07, 6.45) is 0.828. The Labute approximate surface area is 151 Å². The molecule has 1 aromatic heterocycles. The second kappa shape index (κ2) is 7.01. The number of phenolic OH excluding ortho intramolecular Hbond substituents is 1. The van der Waals surface area contributed by atoms with Crippen LogP contribution in [0.3, 0.4) is 0 Å². The van der Waals surface area contributed by atoms with Crippen molar-refractivity contribution in [1.82, 2.24) is 15.1 Å². The fourth-order valence-corrected chi connectivity index (χ4v) is 3.28. The van der Waals surface area contributed by atoms with Gasteiger partial charge in [0.15, 0.2) is 5.82 Å². The number of phenols is 1. The van der Waals surface area contributed by atoms with Gasteiger partial charge in [-0.2, -0.15) is 5.10 Å². The van der Waals surface area contributed by atoms with Crippen LogP contribution in [0.4, 0.5) is 5.82 Å². The summed E-state index contributed by atoms with van der Waals surface area (Å²) in [5.41, 5.74) is 3.79. The van der Waals surface area contributed by atoms with Gasteiger partial charge in [0.25, 0.3) is 5.91 Å². The van der Waals surface area contributed by atoms with E-state index in [9.17, 15) is 9.90 Å². The number of amides is 1. The number of hydrogen-bond acceptors (Lipinski definition) is 4. The normalized spacial score (nSPS) is 14.0. The molecule has 132 valence electrons. The molecule has 0 unspecified atom stereocenters. The molecular weight excluding hydrogens is 328 g/mol. The van der Waals surface area contributed by atoms with Crippen molar-refractivity contribution in [3.8, 4) is 5.75 Å². The maximum absolute atomic E-state index is 12.4. The smallest absolute Gasteiger partial charge is 0.257 e. The van der Waals surface area contributed by atoms with E-state index in [1.54, 1.807) is 12.1 Å². The molecule has 0 bridgehead atoms. The van der Waals surface area contributed by atoms with Crippen LogP contribution < -0.4 is 5.32 Å². The zero-order valence-corrected chi connectivity index (χ0v) is 14.3. The number of carbonyl (C=O) groups is 1. The minimum Gasteiger partial charge on any atom is -0.508 e. The van der Waals surface area contributed by atoms with Crippen LogP contribution >= 0.6 is 0 Å². The standard InChI is InChI=1S/C20H20N4O2/c25-16-8-4-7-15(11-16)20(26)21-19-17-9-10-24(13-18(17)22-23-19)12-14-5-2-1-3-6-14/h1-8,11,25H,9-10,12-13H2,(H2,21,22,23,26). The third-order valence-electron chi connectivity index (χ3n) is 4.60. The number of benzene rings is 2. The average Bonchev–Trinajstić information content (AvgIpc) is 3.04. The summed E-state index contributed by atoms with van der Waals surface area (Å²) < 4.78 is 0. The van der Waals surface area contributed by atoms with Gasteiger partial charge in [-0.15, -0.1) is 0 Å². The number of hydrogen-bond donors (Lipinski definition) is 3. The first-order valence-electron chi connectivity index (χ1n) is 8.62. The number of nitrogens with zero attached hydrogens (tertiary/aromatic N) is 2. The minimum atomic E-state index is -0.276. The van der Waals surface area contributed by atoms with E-state index >= 15 is 0 Å². The SMILES string of the molecule is O=C(Nc1n[nH]c2c1CCN(Cc1ccccc1)C2)c1cccc(O)c1. The lowest BCUT2D eigenvalue weighted by Gasteiger charge is -2.26. The van der Waals surface area contributed by atoms with Crippen molar-refractivity contribution in [2.24, 2.45) is 0 Å². The highest BCUT2D eigenvalue weighted by Crippen LogP contribution is 2.25. The van der Waals surface area contributed by atoms with Crippen LogP contribution in [-0.2, 0) is 19.5 Å². The fraction of sp³-hybridized carbons (Fsp3) is 0.200. The first kappa shape index (κ1) is 16.4. The predicted octanol–water partition coefficient (Wildman–Crippen LogP) is 2.93. The maximum atomic E-state index is 12.4. The van der Waals surface area contributed by atoms with Crippen molar-refractivity contribution in [2.75, 3.05) is 11.9 Å². The molecule has 3 N–H and O–H groups in total. The fourth-order valence-electron chi connectivity index (χ4n) is 3.28. The number of carbonyl (C=O) groups excluding carboxylic acids is 1. The van der Waals surface area contributed by atoms with Gasteiger partial charge in [-0.3, -0.25) is 14.8 Å². The number of fused-ring (bicyclic) bond motifs is 1. The Bertz CT molecular complexity index is 921. The lowest BCUT2D eigenvalue weighted by Crippen LogP contribution is -2.30. The lowest BCUT2D eigenvalue weighted by atomic mass is 10.1. The van der Waals surface area contributed by atoms with E-state index in [0.29, 0.717) is 11.4 Å². The molecule has 1 aliphatic heterocycles. The first-order valence-corrected chi connectivity index (χ1v) is 8.62. The molecule has 6 heteroatoms. The summed E-state index contributed by atoms with van der Waals surface area (Å²) in [4.78, 5) is 14.7. The molecule has 1 amide bonds. The van der Waals surface area contributed by atoms with Crippen molar-refractivity contribution in [3.63, 3.8) is 0 Å². The number of anilines is 1. The quantitative estimate of drug-likeness (QED) is 0.677. The van der Waals surface area contributed by atoms with E-state index in [1.807, 2.05) is 6.07 Å². The predicted molar refractivity (Wildman–Crippen MR) is 98.9 cm³/mol. The number of H-pyrrole nitrogens is 1. The molecule has 2 heterocycles. The van der Waals surface area contributed by atoms with Crippen LogP contribution in [0.25, 0.3) is 0 Å². The Kier molecular flexibility index (Phi) is 4.41. The number of aromatic amines is 1. The van der Waals surface area contributed by atoms with E-state index < -0.39 is 0 Å². The van der Waals surface area contributed by atoms with Crippen LogP contribution in [0.15, 0.2) is 54.6 Å². The zero-order chi connectivity index (χ0) is 17.9. The number of rotatable bonds is 4. The molecule has 0 saturated carbocycles. The van der Waals surface area contributed by atoms with Crippen LogP contribution in [0.5, 0.6) is 5.75 Å². The summed E-state index contributed by atoms with van der Waals surface area (Å²) in [6.45, 7) is 2.58. The van der Waals surface area contributed by atoms with Crippen LogP contribution in [-0.4, -0.2) is 32.7 Å². The Morgan fingerprint density at radius 2 is 2.04 bits per heavy atom. The lowest BCUT2D eigenvalue weighted by molar-refractivity contribution is 0.102. The molecule has 0 aliphatic carbocycles. The van der Waals surface area contributed by atoms with Gasteiger partial charge >= 0.3 is 0 Å². The molecule has 26 heavy (non-hydrogen) atoms. The number of aromatic nitrogens is 2. The highest BCUT2D eigenvalue weighted by atomic mass is 16.3. The average molecular weight is 348 g/mol. The van der Waals surface area contributed by atoms with Gasteiger partial charge in [0.1, 0.15) is 5.75 Å². The Morgan fingerprint density at radius 3 is 2.85 bits per heavy atom. The van der Waals surface area contributed by atoms with Crippen molar-refractivity contribution in [1.29, 1.82) is 0 Å². The first-order chi connectivity index (χ1) is 12.7. The van der Waals surface area contributed by atoms with Gasteiger partial charge < -0.3 is 10.4 Å². The molecule has 0 spiro atoms. The molecule has 6 nitrogen and oxygen atoms in total. The van der Waals surface area contributed by atoms with Crippen molar-refractivity contribution in [3.05, 3.63) is 77.0 Å². The molecule has 2 aromatic carbocycles. The molecule has 0 atom stereocenters. The summed E-state index contributed by atoms with van der Waals surface area (Å²) in [6, 6.07) is 16.7. The summed E-state index contributed by atoms with van der Waals surface area (Å²) in [7, 11) is 0. The Balaban J connectivity index is 1.45. The van der Waals surface area contributed by atoms with Gasteiger partial charge in [-0.1, -0.05) is 36.4 Å². The van der Waals surface area contributed by atoms with Gasteiger partial charge in [0, 0.05) is 30.8 Å². The van der Waals surface area contributed by atoms with Gasteiger partial charge in [0.05, 0.1) is 5.69 Å². The van der Waals surface area contributed by atoms with Crippen LogP contribution in [0, 0.1) is 0 Å². The van der Waals surface area contributed by atoms with Crippen molar-refractivity contribution in [2.45, 2.75) is 19.5 Å². The zero-order valence-electron chi connectivity index (χ0n) is 14.3. The number of aromatic hydroxyl groups is 1. The third kappa shape index (κ3) is 3.45. The molecule has 4 rings (SSSR count). The molecule has 0 fully saturated rings. The molecule has 0 radical (unpaired) electrons. The van der Waals surface area contributed by atoms with Gasteiger partial charge in [0.2, 0.25) is 0 Å². The molecule has 3 aromatic rings. The van der Waals surface area contributed by atoms with Crippen molar-refractivity contribution < 1.29 is 9.90 Å². The Hall–Kier alpha value is -3.12. The molecular formula is C20H20N4O2. The van der Waals surface area contributed by atoms with Crippen LogP contribution in [0.2, 0.25) is 0 Å². The summed E-state index contributed by atoms with van der Waals surface area (Å²) in [5.74, 6) is 0.368. The summed E-state index contributed by atoms with van der Waals surface area (Å²) in [5, 5.41) is 19.7. The highest BCUT2D eigenvalue weighted by molar-refractivity contribution is 6.04. The third-order valence-corrected chi connectivity index (χ3v) is 4.60. The topological polar surface area (TPSA) is 81.2 Å². The monoisotopic (exact) mass is 348 g/mol. The van der Waals surface area contributed by atoms with E-state index in [2.05, 4.69) is 44.7 Å². The van der Waals surface area contributed by atoms with E-state index in [-0.39, 0.29) is 11.7 Å². The molecule has 1 aliphatic rings. The molecule has 0 saturated heterocycles. The van der Waals surface area contributed by atoms with Crippen LogP contribution in [0.1, 0.15) is 27.2 Å². The maximum Gasteiger partial charge on any atom is 0.257 e. The minimum absolute atomic E-state index is 0.0678. The van der Waals surface area contributed by atoms with E-state index in [0.717, 1.165) is 37.3 Å². The van der Waals surface area contributed by atoms with Gasteiger partial charge in [-0.25, -0.2) is 0 Å². The van der Waals surface area contributed by atoms with Gasteiger partial charge in [-0.05, 0) is 30.2 Å². The second-order valence-electron chi connectivity index (χ2n) is 6.48. The summed E-state index contributed by atoms with van der Waals surface area (Å²) >= 11 is 0. The Morgan fingerprint density at radius 1 is 1.19 bits per heavy atom. The second-order valence-corrected chi connectivity index (χ2v) is 6.48. The largest absolute Gasteiger partial charge is 0.508 e. The van der Waals surface area contributed by atoms with Crippen molar-refractivity contribution >= 4 is 11.7 Å². The number of nitrogens with one attached hydrogen (secondary N) is 2. The van der Waals surface area contributed by atoms with E-state index in [4.69, 9.17) is 0 Å². The highest BCUT2D eigenvalue weighted by Gasteiger charge is 2.23.